The Hall–Kier alpha value is -3.72. The van der Waals surface area contributed by atoms with Crippen LogP contribution in [-0.2, 0) is 37.4 Å². The molecule has 0 saturated carbocycles. The number of carbonyl (C=O) groups excluding carboxylic acids is 4. The van der Waals surface area contributed by atoms with Crippen molar-refractivity contribution in [2.75, 3.05) is 37.0 Å². The number of imide groups is 1. The van der Waals surface area contributed by atoms with Gasteiger partial charge >= 0.3 is 6.03 Å². The maximum Gasteiger partial charge on any atom is 0.324 e. The van der Waals surface area contributed by atoms with Crippen molar-refractivity contribution in [2.45, 2.75) is 36.6 Å². The number of likely N-dealkylation sites (N-methyl/N-ethyl adjacent to an activating group) is 1. The molecule has 3 aliphatic heterocycles. The number of amides is 5. The fourth-order valence-electron chi connectivity index (χ4n) is 6.08. The number of nitrogens with zero attached hydrogens (tertiary/aromatic N) is 2. The highest BCUT2D eigenvalue weighted by molar-refractivity contribution is 6.12. The normalized spacial score (nSPS) is 24.2. The predicted octanol–water partition coefficient (Wildman–Crippen LogP) is 1.74. The Morgan fingerprint density at radius 3 is 2.54 bits per heavy atom. The van der Waals surface area contributed by atoms with Crippen molar-refractivity contribution in [3.8, 4) is 0 Å². The van der Waals surface area contributed by atoms with E-state index in [1.165, 1.54) is 4.90 Å². The van der Waals surface area contributed by atoms with Gasteiger partial charge < -0.3 is 19.9 Å². The van der Waals surface area contributed by atoms with E-state index in [9.17, 15) is 19.2 Å². The number of urea groups is 1. The summed E-state index contributed by atoms with van der Waals surface area (Å²) in [5, 5.41) is 5.30. The first kappa shape index (κ1) is 21.8. The van der Waals surface area contributed by atoms with Gasteiger partial charge in [-0.15, -0.1) is 0 Å². The van der Waals surface area contributed by atoms with Crippen molar-refractivity contribution < 1.29 is 23.9 Å². The van der Waals surface area contributed by atoms with Gasteiger partial charge in [-0.3, -0.25) is 19.7 Å². The summed E-state index contributed by atoms with van der Waals surface area (Å²) in [6.07, 6.45) is 2.05. The molecule has 0 unspecified atom stereocenters. The SMILES string of the molecule is CN1C(=O)NC(=O)[C@]12Cc1ccc(NC(=O)CN3C(=O)C4(CCOCC4)c4ccccc43)cc1C2. The van der Waals surface area contributed by atoms with E-state index in [0.29, 0.717) is 44.6 Å². The van der Waals surface area contributed by atoms with Crippen molar-refractivity contribution >= 4 is 35.1 Å². The van der Waals surface area contributed by atoms with E-state index in [4.69, 9.17) is 4.74 Å². The van der Waals surface area contributed by atoms with Gasteiger partial charge in [-0.1, -0.05) is 24.3 Å². The van der Waals surface area contributed by atoms with E-state index in [2.05, 4.69) is 10.6 Å². The van der Waals surface area contributed by atoms with Crippen LogP contribution in [0.1, 0.15) is 29.5 Å². The number of hydrogen-bond donors (Lipinski definition) is 2. The Balaban J connectivity index is 1.20. The van der Waals surface area contributed by atoms with Crippen molar-refractivity contribution in [3.63, 3.8) is 0 Å². The van der Waals surface area contributed by atoms with Crippen LogP contribution in [0.2, 0.25) is 0 Å². The second-order valence-corrected chi connectivity index (χ2v) is 9.84. The van der Waals surface area contributed by atoms with Gasteiger partial charge in [-0.2, -0.15) is 0 Å². The predicted molar refractivity (Wildman–Crippen MR) is 127 cm³/mol. The number of nitrogens with one attached hydrogen (secondary N) is 2. The fraction of sp³-hybridized carbons (Fsp3) is 0.385. The van der Waals surface area contributed by atoms with Crippen molar-refractivity contribution in [1.82, 2.24) is 10.2 Å². The van der Waals surface area contributed by atoms with Crippen LogP contribution in [0.25, 0.3) is 0 Å². The van der Waals surface area contributed by atoms with Crippen LogP contribution >= 0.6 is 0 Å². The Bertz CT molecular complexity index is 1280. The van der Waals surface area contributed by atoms with E-state index in [1.54, 1.807) is 18.0 Å². The Morgan fingerprint density at radius 1 is 1.06 bits per heavy atom. The average Bonchev–Trinajstić information content (AvgIpc) is 3.42. The van der Waals surface area contributed by atoms with Crippen LogP contribution in [0.3, 0.4) is 0 Å². The fourth-order valence-corrected chi connectivity index (χ4v) is 6.08. The van der Waals surface area contributed by atoms with Crippen LogP contribution in [-0.4, -0.2) is 61.0 Å². The zero-order valence-electron chi connectivity index (χ0n) is 19.4. The van der Waals surface area contributed by atoms with Gasteiger partial charge in [0.2, 0.25) is 11.8 Å². The quantitative estimate of drug-likeness (QED) is 0.659. The van der Waals surface area contributed by atoms with Crippen molar-refractivity contribution in [3.05, 3.63) is 59.2 Å². The second kappa shape index (κ2) is 7.64. The Kier molecular flexibility index (Phi) is 4.76. The third-order valence-corrected chi connectivity index (χ3v) is 8.06. The molecule has 9 heteroatoms. The molecular formula is C26H26N4O5. The minimum atomic E-state index is -0.911. The number of rotatable bonds is 3. The standard InChI is InChI=1S/C26H26N4O5/c1-29-24(34)28-22(32)26(29)13-16-6-7-18(12-17(16)14-26)27-21(31)15-30-20-5-3-2-4-19(20)25(23(30)33)8-10-35-11-9-25/h2-7,12H,8-11,13-15H2,1H3,(H,27,31)(H,28,32,34)/t26-/m1/s1. The summed E-state index contributed by atoms with van der Waals surface area (Å²) in [5.74, 6) is -0.635. The first-order valence-electron chi connectivity index (χ1n) is 11.8. The molecule has 2 aromatic rings. The summed E-state index contributed by atoms with van der Waals surface area (Å²) in [4.78, 5) is 54.1. The van der Waals surface area contributed by atoms with Gasteiger partial charge in [-0.25, -0.2) is 4.79 Å². The van der Waals surface area contributed by atoms with Crippen molar-refractivity contribution in [1.29, 1.82) is 0 Å². The molecule has 2 saturated heterocycles. The molecule has 0 radical (unpaired) electrons. The van der Waals surface area contributed by atoms with Gasteiger partial charge in [0.1, 0.15) is 12.1 Å². The molecule has 6 rings (SSSR count). The number of para-hydroxylation sites is 1. The lowest BCUT2D eigenvalue weighted by atomic mass is 9.75. The first-order valence-corrected chi connectivity index (χ1v) is 11.8. The maximum atomic E-state index is 13.5. The smallest absolute Gasteiger partial charge is 0.324 e. The topological polar surface area (TPSA) is 108 Å². The van der Waals surface area contributed by atoms with E-state index in [0.717, 1.165) is 22.4 Å². The van der Waals surface area contributed by atoms with Crippen molar-refractivity contribution in [2.24, 2.45) is 0 Å². The van der Waals surface area contributed by atoms with Crippen LogP contribution in [0.5, 0.6) is 0 Å². The summed E-state index contributed by atoms with van der Waals surface area (Å²) >= 11 is 0. The molecule has 2 N–H and O–H groups in total. The second-order valence-electron chi connectivity index (χ2n) is 9.84. The van der Waals surface area contributed by atoms with Crippen LogP contribution in [0.4, 0.5) is 16.2 Å². The number of benzene rings is 2. The number of anilines is 2. The highest BCUT2D eigenvalue weighted by Gasteiger charge is 2.54. The highest BCUT2D eigenvalue weighted by atomic mass is 16.5. The molecule has 2 fully saturated rings. The van der Waals surface area contributed by atoms with Crippen LogP contribution < -0.4 is 15.5 Å². The summed E-state index contributed by atoms with van der Waals surface area (Å²) < 4.78 is 5.51. The molecule has 4 aliphatic rings. The zero-order chi connectivity index (χ0) is 24.4. The molecule has 9 nitrogen and oxygen atoms in total. The van der Waals surface area contributed by atoms with Gasteiger partial charge in [0.05, 0.1) is 5.41 Å². The highest BCUT2D eigenvalue weighted by Crippen LogP contribution is 2.47. The number of ether oxygens (including phenoxy) is 1. The largest absolute Gasteiger partial charge is 0.381 e. The molecule has 1 atom stereocenters. The van der Waals surface area contributed by atoms with Crippen LogP contribution in [0.15, 0.2) is 42.5 Å². The minimum Gasteiger partial charge on any atom is -0.381 e. The molecule has 0 aromatic heterocycles. The third-order valence-electron chi connectivity index (χ3n) is 8.06. The molecule has 35 heavy (non-hydrogen) atoms. The summed E-state index contributed by atoms with van der Waals surface area (Å²) in [6, 6.07) is 12.8. The van der Waals surface area contributed by atoms with E-state index < -0.39 is 17.0 Å². The van der Waals surface area contributed by atoms with E-state index >= 15 is 0 Å². The van der Waals surface area contributed by atoms with Gasteiger partial charge in [0, 0.05) is 44.5 Å². The third kappa shape index (κ3) is 3.11. The monoisotopic (exact) mass is 474 g/mol. The summed E-state index contributed by atoms with van der Waals surface area (Å²) in [6.45, 7) is 0.962. The number of hydrogen-bond acceptors (Lipinski definition) is 5. The molecule has 3 heterocycles. The zero-order valence-corrected chi connectivity index (χ0v) is 19.4. The van der Waals surface area contributed by atoms with Gasteiger partial charge in [0.25, 0.3) is 5.91 Å². The van der Waals surface area contributed by atoms with E-state index in [-0.39, 0.29) is 24.3 Å². The number of fused-ring (bicyclic) bond motifs is 3. The Labute approximate surface area is 202 Å². The molecular weight excluding hydrogens is 448 g/mol. The average molecular weight is 475 g/mol. The lowest BCUT2D eigenvalue weighted by Crippen LogP contribution is -2.48. The lowest BCUT2D eigenvalue weighted by molar-refractivity contribution is -0.128. The molecule has 180 valence electrons. The molecule has 5 amide bonds. The lowest BCUT2D eigenvalue weighted by Gasteiger charge is -2.32. The van der Waals surface area contributed by atoms with Gasteiger partial charge in [0.15, 0.2) is 0 Å². The Morgan fingerprint density at radius 2 is 1.80 bits per heavy atom. The van der Waals surface area contributed by atoms with Crippen LogP contribution in [0, 0.1) is 0 Å². The van der Waals surface area contributed by atoms with Gasteiger partial charge in [-0.05, 0) is 47.7 Å². The molecule has 2 aromatic carbocycles. The number of carbonyl (C=O) groups is 4. The molecule has 2 spiro atoms. The summed E-state index contributed by atoms with van der Waals surface area (Å²) in [7, 11) is 1.63. The summed E-state index contributed by atoms with van der Waals surface area (Å²) in [5.41, 5.74) is 2.71. The first-order chi connectivity index (χ1) is 16.8. The van der Waals surface area contributed by atoms with E-state index in [1.807, 2.05) is 36.4 Å². The minimum absolute atomic E-state index is 0.0482. The molecule has 0 bridgehead atoms. The maximum absolute atomic E-state index is 13.5. The molecule has 1 aliphatic carbocycles.